The molecule has 0 saturated carbocycles. The highest BCUT2D eigenvalue weighted by atomic mass is 79.9. The number of rotatable bonds is 5. The van der Waals surface area contributed by atoms with Crippen molar-refractivity contribution in [2.45, 2.75) is 23.6 Å². The van der Waals surface area contributed by atoms with Gasteiger partial charge in [0.25, 0.3) is 0 Å². The van der Waals surface area contributed by atoms with E-state index >= 15 is 0 Å². The quantitative estimate of drug-likeness (QED) is 0.847. The average molecular weight is 298 g/mol. The zero-order valence-corrected chi connectivity index (χ0v) is 11.0. The molecule has 1 aromatic rings. The standard InChI is InChI=1S/C8H12BrNO2S2/c1-2-7(6-9)10-14(11,12)8-4-3-5-13-8/h3-5,7,10H,2,6H2,1H3. The fourth-order valence-electron chi connectivity index (χ4n) is 0.918. The number of halogens is 1. The number of nitrogens with one attached hydrogen (secondary N) is 1. The highest BCUT2D eigenvalue weighted by Gasteiger charge is 2.18. The molecular weight excluding hydrogens is 286 g/mol. The van der Waals surface area contributed by atoms with Crippen LogP contribution in [0.15, 0.2) is 21.7 Å². The second-order valence-corrected chi connectivity index (χ2v) is 6.35. The molecule has 0 aliphatic carbocycles. The second kappa shape index (κ2) is 5.25. The van der Waals surface area contributed by atoms with Crippen molar-refractivity contribution in [3.05, 3.63) is 17.5 Å². The van der Waals surface area contributed by atoms with Crippen molar-refractivity contribution in [1.82, 2.24) is 4.72 Å². The van der Waals surface area contributed by atoms with Crippen LogP contribution < -0.4 is 4.72 Å². The monoisotopic (exact) mass is 297 g/mol. The van der Waals surface area contributed by atoms with Crippen molar-refractivity contribution in [2.75, 3.05) is 5.33 Å². The zero-order chi connectivity index (χ0) is 10.6. The van der Waals surface area contributed by atoms with Crippen molar-refractivity contribution in [2.24, 2.45) is 0 Å². The van der Waals surface area contributed by atoms with Crippen LogP contribution in [-0.2, 0) is 10.0 Å². The molecule has 1 N–H and O–H groups in total. The Hall–Kier alpha value is 0.0900. The summed E-state index contributed by atoms with van der Waals surface area (Å²) in [5.74, 6) is 0. The maximum atomic E-state index is 11.7. The van der Waals surface area contributed by atoms with Gasteiger partial charge >= 0.3 is 0 Å². The maximum absolute atomic E-state index is 11.7. The van der Waals surface area contributed by atoms with Crippen LogP contribution in [0.1, 0.15) is 13.3 Å². The minimum absolute atomic E-state index is 0.0397. The normalized spacial score (nSPS) is 14.1. The Morgan fingerprint density at radius 1 is 1.64 bits per heavy atom. The van der Waals surface area contributed by atoms with E-state index in [2.05, 4.69) is 20.7 Å². The van der Waals surface area contributed by atoms with Gasteiger partial charge in [0.1, 0.15) is 4.21 Å². The molecule has 0 saturated heterocycles. The van der Waals surface area contributed by atoms with Gasteiger partial charge in [0.05, 0.1) is 0 Å². The number of hydrogen-bond acceptors (Lipinski definition) is 3. The third kappa shape index (κ3) is 3.05. The van der Waals surface area contributed by atoms with Gasteiger partial charge in [-0.05, 0) is 17.9 Å². The van der Waals surface area contributed by atoms with Crippen LogP contribution in [0, 0.1) is 0 Å². The van der Waals surface area contributed by atoms with Crippen LogP contribution >= 0.6 is 27.3 Å². The summed E-state index contributed by atoms with van der Waals surface area (Å²) in [6, 6.07) is 3.30. The second-order valence-electron chi connectivity index (χ2n) is 2.81. The number of sulfonamides is 1. The molecule has 0 aliphatic heterocycles. The summed E-state index contributed by atoms with van der Waals surface area (Å²) in [4.78, 5) is 0. The molecule has 0 bridgehead atoms. The summed E-state index contributed by atoms with van der Waals surface area (Å²) >= 11 is 4.50. The van der Waals surface area contributed by atoms with Gasteiger partial charge in [0.2, 0.25) is 10.0 Å². The highest BCUT2D eigenvalue weighted by Crippen LogP contribution is 2.16. The first-order chi connectivity index (χ1) is 6.60. The van der Waals surface area contributed by atoms with E-state index in [4.69, 9.17) is 0 Å². The van der Waals surface area contributed by atoms with E-state index in [-0.39, 0.29) is 6.04 Å². The smallest absolute Gasteiger partial charge is 0.207 e. The van der Waals surface area contributed by atoms with E-state index in [1.165, 1.54) is 11.3 Å². The van der Waals surface area contributed by atoms with Crippen molar-refractivity contribution in [1.29, 1.82) is 0 Å². The summed E-state index contributed by atoms with van der Waals surface area (Å²) in [6.45, 7) is 1.95. The number of alkyl halides is 1. The topological polar surface area (TPSA) is 46.2 Å². The van der Waals surface area contributed by atoms with Crippen molar-refractivity contribution >= 4 is 37.3 Å². The molecular formula is C8H12BrNO2S2. The molecule has 0 fully saturated rings. The van der Waals surface area contributed by atoms with Crippen LogP contribution in [0.5, 0.6) is 0 Å². The minimum Gasteiger partial charge on any atom is -0.207 e. The van der Waals surface area contributed by atoms with E-state index in [9.17, 15) is 8.42 Å². The van der Waals surface area contributed by atoms with Gasteiger partial charge in [-0.15, -0.1) is 11.3 Å². The first-order valence-corrected chi connectivity index (χ1v) is 7.70. The average Bonchev–Trinajstić information content (AvgIpc) is 2.67. The van der Waals surface area contributed by atoms with E-state index in [0.717, 1.165) is 6.42 Å². The summed E-state index contributed by atoms with van der Waals surface area (Å²) in [6.07, 6.45) is 0.774. The Balaban J connectivity index is 2.77. The summed E-state index contributed by atoms with van der Waals surface area (Å²) < 4.78 is 26.4. The lowest BCUT2D eigenvalue weighted by atomic mass is 10.3. The predicted octanol–water partition coefficient (Wildman–Crippen LogP) is 2.20. The van der Waals surface area contributed by atoms with Gasteiger partial charge in [-0.3, -0.25) is 0 Å². The first kappa shape index (κ1) is 12.2. The zero-order valence-electron chi connectivity index (χ0n) is 7.73. The van der Waals surface area contributed by atoms with E-state index in [1.54, 1.807) is 17.5 Å². The van der Waals surface area contributed by atoms with Gasteiger partial charge in [-0.25, -0.2) is 13.1 Å². The SMILES string of the molecule is CCC(CBr)NS(=O)(=O)c1cccs1. The third-order valence-electron chi connectivity index (χ3n) is 1.76. The van der Waals surface area contributed by atoms with Crippen LogP contribution in [0.2, 0.25) is 0 Å². The number of thiophene rings is 1. The lowest BCUT2D eigenvalue weighted by molar-refractivity contribution is 0.561. The van der Waals surface area contributed by atoms with Gasteiger partial charge in [0, 0.05) is 11.4 Å². The Labute approximate surface area is 96.7 Å². The lowest BCUT2D eigenvalue weighted by Gasteiger charge is -2.12. The van der Waals surface area contributed by atoms with Gasteiger partial charge in [-0.2, -0.15) is 0 Å². The molecule has 1 atom stereocenters. The Bertz CT molecular complexity index is 357. The predicted molar refractivity (Wildman–Crippen MR) is 62.5 cm³/mol. The maximum Gasteiger partial charge on any atom is 0.250 e. The van der Waals surface area contributed by atoms with Crippen LogP contribution in [0.4, 0.5) is 0 Å². The molecule has 0 aliphatic rings. The van der Waals surface area contributed by atoms with E-state index in [1.807, 2.05) is 6.92 Å². The molecule has 80 valence electrons. The number of hydrogen-bond donors (Lipinski definition) is 1. The highest BCUT2D eigenvalue weighted by molar-refractivity contribution is 9.09. The van der Waals surface area contributed by atoms with Gasteiger partial charge in [0.15, 0.2) is 0 Å². The molecule has 1 rings (SSSR count). The fraction of sp³-hybridized carbons (Fsp3) is 0.500. The van der Waals surface area contributed by atoms with Crippen LogP contribution in [-0.4, -0.2) is 19.8 Å². The fourth-order valence-corrected chi connectivity index (χ4v) is 4.08. The molecule has 0 amide bonds. The molecule has 1 unspecified atom stereocenters. The molecule has 3 nitrogen and oxygen atoms in total. The lowest BCUT2D eigenvalue weighted by Crippen LogP contribution is -2.35. The minimum atomic E-state index is -3.30. The molecule has 1 heterocycles. The molecule has 0 radical (unpaired) electrons. The van der Waals surface area contributed by atoms with Crippen molar-refractivity contribution < 1.29 is 8.42 Å². The Morgan fingerprint density at radius 2 is 2.36 bits per heavy atom. The summed E-state index contributed by atoms with van der Waals surface area (Å²) in [5, 5.41) is 2.39. The molecule has 1 aromatic heterocycles. The molecule has 6 heteroatoms. The van der Waals surface area contributed by atoms with Crippen LogP contribution in [0.25, 0.3) is 0 Å². The van der Waals surface area contributed by atoms with Gasteiger partial charge in [-0.1, -0.05) is 28.9 Å². The van der Waals surface area contributed by atoms with Gasteiger partial charge < -0.3 is 0 Å². The Morgan fingerprint density at radius 3 is 2.79 bits per heavy atom. The van der Waals surface area contributed by atoms with E-state index < -0.39 is 10.0 Å². The third-order valence-corrected chi connectivity index (χ3v) is 5.46. The molecule has 14 heavy (non-hydrogen) atoms. The van der Waals surface area contributed by atoms with Crippen molar-refractivity contribution in [3.63, 3.8) is 0 Å². The molecule has 0 aromatic carbocycles. The Kier molecular flexibility index (Phi) is 4.56. The first-order valence-electron chi connectivity index (χ1n) is 4.22. The summed E-state index contributed by atoms with van der Waals surface area (Å²) in [5.41, 5.74) is 0. The summed E-state index contributed by atoms with van der Waals surface area (Å²) in [7, 11) is -3.30. The largest absolute Gasteiger partial charge is 0.250 e. The molecule has 0 spiro atoms. The van der Waals surface area contributed by atoms with Crippen molar-refractivity contribution in [3.8, 4) is 0 Å². The van der Waals surface area contributed by atoms with E-state index in [0.29, 0.717) is 9.54 Å². The van der Waals surface area contributed by atoms with Crippen LogP contribution in [0.3, 0.4) is 0 Å².